The molecule has 2 fully saturated rings. The van der Waals surface area contributed by atoms with Crippen LogP contribution in [0.5, 0.6) is 5.75 Å². The van der Waals surface area contributed by atoms with Crippen LogP contribution in [0, 0.1) is 11.3 Å². The first-order valence-corrected chi connectivity index (χ1v) is 12.5. The van der Waals surface area contributed by atoms with Gasteiger partial charge in [0.15, 0.2) is 0 Å². The van der Waals surface area contributed by atoms with Crippen LogP contribution >= 0.6 is 0 Å². The Morgan fingerprint density at radius 3 is 2.89 bits per heavy atom. The van der Waals surface area contributed by atoms with Gasteiger partial charge >= 0.3 is 0 Å². The van der Waals surface area contributed by atoms with E-state index in [1.807, 2.05) is 36.7 Å². The van der Waals surface area contributed by atoms with Crippen LogP contribution in [0.25, 0.3) is 5.69 Å². The Morgan fingerprint density at radius 2 is 2.05 bits per heavy atom. The Hall–Kier alpha value is -4.56. The van der Waals surface area contributed by atoms with Crippen LogP contribution in [-0.4, -0.2) is 67.5 Å². The minimum Gasteiger partial charge on any atom is -0.489 e. The second-order valence-electron chi connectivity index (χ2n) is 9.79. The zero-order valence-corrected chi connectivity index (χ0v) is 20.5. The van der Waals surface area contributed by atoms with Crippen LogP contribution in [0.15, 0.2) is 48.9 Å². The summed E-state index contributed by atoms with van der Waals surface area (Å²) in [6.07, 6.45) is 6.85. The second-order valence-corrected chi connectivity index (χ2v) is 9.79. The number of fused-ring (bicyclic) bond motifs is 1. The molecule has 3 aliphatic rings. The summed E-state index contributed by atoms with van der Waals surface area (Å²) >= 11 is 0. The molecule has 2 atom stereocenters. The summed E-state index contributed by atoms with van der Waals surface area (Å²) in [4.78, 5) is 44.5. The number of carbonyl (C=O) groups is 3. The molecular formula is C27H25N7O4. The summed E-state index contributed by atoms with van der Waals surface area (Å²) in [6, 6.07) is 10.4. The van der Waals surface area contributed by atoms with Gasteiger partial charge in [0.2, 0.25) is 11.8 Å². The van der Waals surface area contributed by atoms with Crippen LogP contribution < -0.4 is 10.1 Å². The number of pyridine rings is 1. The number of likely N-dealkylation sites (tertiary alicyclic amines) is 1. The van der Waals surface area contributed by atoms with Gasteiger partial charge < -0.3 is 9.64 Å². The van der Waals surface area contributed by atoms with Gasteiger partial charge in [0.05, 0.1) is 11.9 Å². The van der Waals surface area contributed by atoms with Crippen molar-refractivity contribution in [3.05, 3.63) is 71.3 Å². The predicted molar refractivity (Wildman–Crippen MR) is 133 cm³/mol. The molecule has 5 heterocycles. The number of hydrogen-bond acceptors (Lipinski definition) is 8. The topological polar surface area (TPSA) is 133 Å². The number of nitrogens with one attached hydrogen (secondary N) is 1. The van der Waals surface area contributed by atoms with Crippen molar-refractivity contribution >= 4 is 17.7 Å². The molecular weight excluding hydrogens is 486 g/mol. The van der Waals surface area contributed by atoms with E-state index in [9.17, 15) is 14.4 Å². The molecule has 3 aliphatic heterocycles. The van der Waals surface area contributed by atoms with E-state index >= 15 is 0 Å². The molecule has 38 heavy (non-hydrogen) atoms. The molecule has 1 aromatic carbocycles. The van der Waals surface area contributed by atoms with Gasteiger partial charge in [0.1, 0.15) is 29.7 Å². The first-order chi connectivity index (χ1) is 18.5. The molecule has 11 nitrogen and oxygen atoms in total. The summed E-state index contributed by atoms with van der Waals surface area (Å²) in [5, 5.41) is 15.8. The number of benzene rings is 1. The van der Waals surface area contributed by atoms with Crippen molar-refractivity contribution in [3.8, 4) is 17.5 Å². The number of nitriles is 1. The Bertz CT molecular complexity index is 1480. The average molecular weight is 512 g/mol. The third-order valence-corrected chi connectivity index (χ3v) is 7.19. The van der Waals surface area contributed by atoms with Gasteiger partial charge in [0, 0.05) is 62.2 Å². The van der Waals surface area contributed by atoms with Gasteiger partial charge in [-0.2, -0.15) is 10.4 Å². The number of carbonyl (C=O) groups excluding carboxylic acids is 3. The molecule has 3 aromatic rings. The number of hydrogen-bond donors (Lipinski definition) is 1. The molecule has 0 radical (unpaired) electrons. The number of nitrogens with zero attached hydrogens (tertiary/aromatic N) is 6. The van der Waals surface area contributed by atoms with Crippen molar-refractivity contribution in [2.45, 2.75) is 44.5 Å². The average Bonchev–Trinajstić information content (AvgIpc) is 3.64. The van der Waals surface area contributed by atoms with E-state index < -0.39 is 11.9 Å². The molecule has 6 rings (SSSR count). The van der Waals surface area contributed by atoms with Gasteiger partial charge in [0.25, 0.3) is 5.91 Å². The van der Waals surface area contributed by atoms with Gasteiger partial charge in [-0.25, -0.2) is 9.67 Å². The third kappa shape index (κ3) is 4.62. The molecule has 2 aromatic heterocycles. The standard InChI is InChI=1S/C27H25N7O4/c28-11-19-10-20(5-7-29-19)34-14-17(12-30-34)13-32-8-6-22(16-32)38-21-1-2-23-18(9-21)15-33(27(23)37)24-3-4-25(35)31-26(24)36/h1-2,5,7,9-10,12,14,22,24H,3-4,6,8,13,15-16H2,(H,31,35,36)/t22-,24?/m0/s1. The summed E-state index contributed by atoms with van der Waals surface area (Å²) < 4.78 is 8.01. The number of rotatable bonds is 6. The number of piperidine rings is 1. The zero-order valence-electron chi connectivity index (χ0n) is 20.5. The number of ether oxygens (including phenoxy) is 1. The van der Waals surface area contributed by atoms with Crippen LogP contribution in [0.4, 0.5) is 0 Å². The summed E-state index contributed by atoms with van der Waals surface area (Å²) in [5.74, 6) is -0.201. The smallest absolute Gasteiger partial charge is 0.255 e. The summed E-state index contributed by atoms with van der Waals surface area (Å²) in [6.45, 7) is 2.70. The van der Waals surface area contributed by atoms with E-state index in [4.69, 9.17) is 10.00 Å². The van der Waals surface area contributed by atoms with Crippen molar-refractivity contribution in [3.63, 3.8) is 0 Å². The van der Waals surface area contributed by atoms with E-state index in [2.05, 4.69) is 20.3 Å². The Labute approximate surface area is 218 Å². The fraction of sp³-hybridized carbons (Fsp3) is 0.333. The maximum Gasteiger partial charge on any atom is 0.255 e. The zero-order chi connectivity index (χ0) is 26.2. The molecule has 0 saturated carbocycles. The molecule has 0 bridgehead atoms. The lowest BCUT2D eigenvalue weighted by atomic mass is 10.0. The molecule has 2 saturated heterocycles. The van der Waals surface area contributed by atoms with Gasteiger partial charge in [-0.15, -0.1) is 0 Å². The fourth-order valence-corrected chi connectivity index (χ4v) is 5.32. The Morgan fingerprint density at radius 1 is 1.16 bits per heavy atom. The number of aromatic nitrogens is 3. The van der Waals surface area contributed by atoms with Crippen molar-refractivity contribution in [1.29, 1.82) is 5.26 Å². The maximum absolute atomic E-state index is 12.9. The molecule has 11 heteroatoms. The van der Waals surface area contributed by atoms with Crippen molar-refractivity contribution < 1.29 is 19.1 Å². The van der Waals surface area contributed by atoms with E-state index in [-0.39, 0.29) is 24.3 Å². The second kappa shape index (κ2) is 9.72. The fourth-order valence-electron chi connectivity index (χ4n) is 5.32. The van der Waals surface area contributed by atoms with Gasteiger partial charge in [-0.3, -0.25) is 24.6 Å². The molecule has 0 aliphatic carbocycles. The lowest BCUT2D eigenvalue weighted by Crippen LogP contribution is -2.52. The van der Waals surface area contributed by atoms with Crippen LogP contribution in [0.2, 0.25) is 0 Å². The number of amides is 3. The first kappa shape index (κ1) is 23.8. The molecule has 192 valence electrons. The molecule has 0 spiro atoms. The third-order valence-electron chi connectivity index (χ3n) is 7.19. The Kier molecular flexibility index (Phi) is 6.09. The number of imide groups is 1. The first-order valence-electron chi connectivity index (χ1n) is 12.5. The maximum atomic E-state index is 12.9. The lowest BCUT2D eigenvalue weighted by molar-refractivity contribution is -0.136. The normalized spacial score (nSPS) is 21.3. The van der Waals surface area contributed by atoms with Crippen molar-refractivity contribution in [2.24, 2.45) is 0 Å². The minimum atomic E-state index is -0.628. The monoisotopic (exact) mass is 511 g/mol. The SMILES string of the molecule is N#Cc1cc(-n2cc(CN3CC[C@H](Oc4ccc5c(c4)CN(C4CCC(=O)NC4=O)C5=O)C3)cn2)ccn1. The highest BCUT2D eigenvalue weighted by atomic mass is 16.5. The minimum absolute atomic E-state index is 0.0184. The van der Waals surface area contributed by atoms with Crippen LogP contribution in [0.1, 0.15) is 46.4 Å². The Balaban J connectivity index is 1.06. The van der Waals surface area contributed by atoms with E-state index in [0.717, 1.165) is 42.9 Å². The van der Waals surface area contributed by atoms with Crippen molar-refractivity contribution in [1.82, 2.24) is 29.9 Å². The van der Waals surface area contributed by atoms with Gasteiger partial charge in [-0.1, -0.05) is 0 Å². The van der Waals surface area contributed by atoms with E-state index in [0.29, 0.717) is 30.0 Å². The predicted octanol–water partition coefficient (Wildman–Crippen LogP) is 1.55. The van der Waals surface area contributed by atoms with Crippen LogP contribution in [-0.2, 0) is 22.7 Å². The van der Waals surface area contributed by atoms with Crippen LogP contribution in [0.3, 0.4) is 0 Å². The summed E-state index contributed by atoms with van der Waals surface area (Å²) in [5.41, 5.74) is 3.60. The molecule has 3 amide bonds. The highest BCUT2D eigenvalue weighted by Crippen LogP contribution is 2.31. The molecule has 1 N–H and O–H groups in total. The summed E-state index contributed by atoms with van der Waals surface area (Å²) in [7, 11) is 0. The lowest BCUT2D eigenvalue weighted by Gasteiger charge is -2.29. The molecule has 1 unspecified atom stereocenters. The quantitative estimate of drug-likeness (QED) is 0.493. The largest absolute Gasteiger partial charge is 0.489 e. The van der Waals surface area contributed by atoms with Crippen molar-refractivity contribution in [2.75, 3.05) is 13.1 Å². The van der Waals surface area contributed by atoms with E-state index in [1.165, 1.54) is 0 Å². The van der Waals surface area contributed by atoms with E-state index in [1.54, 1.807) is 27.9 Å². The highest BCUT2D eigenvalue weighted by Gasteiger charge is 2.39. The van der Waals surface area contributed by atoms with Gasteiger partial charge in [-0.05, 0) is 42.7 Å². The highest BCUT2D eigenvalue weighted by molar-refractivity contribution is 6.05.